The van der Waals surface area contributed by atoms with Crippen LogP contribution in [0.1, 0.15) is 32.6 Å². The third kappa shape index (κ3) is 3.93. The number of hydrogen-bond acceptors (Lipinski definition) is 7. The highest BCUT2D eigenvalue weighted by Crippen LogP contribution is 2.40. The van der Waals surface area contributed by atoms with Gasteiger partial charge in [0, 0.05) is 12.0 Å². The molecular weight excluding hydrogens is 370 g/mol. The molecule has 7 nitrogen and oxygen atoms in total. The molecule has 1 aliphatic rings. The molecule has 0 N–H and O–H groups in total. The van der Waals surface area contributed by atoms with E-state index in [9.17, 15) is 0 Å². The quantitative estimate of drug-likeness (QED) is 0.574. The van der Waals surface area contributed by atoms with Gasteiger partial charge in [-0.1, -0.05) is 16.8 Å². The van der Waals surface area contributed by atoms with Gasteiger partial charge in [0.25, 0.3) is 5.89 Å². The lowest BCUT2D eigenvalue weighted by molar-refractivity contribution is 0.230. The van der Waals surface area contributed by atoms with Gasteiger partial charge in [-0.25, -0.2) is 4.98 Å². The minimum absolute atomic E-state index is 0.0315. The summed E-state index contributed by atoms with van der Waals surface area (Å²) in [5.41, 5.74) is 1.19. The number of nitrogens with zero attached hydrogens (tertiary/aromatic N) is 3. The molecule has 27 heavy (non-hydrogen) atoms. The van der Waals surface area contributed by atoms with Gasteiger partial charge in [-0.05, 0) is 44.7 Å². The van der Waals surface area contributed by atoms with E-state index in [0.29, 0.717) is 51.3 Å². The Morgan fingerprint density at radius 2 is 2.07 bits per heavy atom. The van der Waals surface area contributed by atoms with Crippen LogP contribution in [0.3, 0.4) is 0 Å². The molecule has 0 spiro atoms. The number of rotatable bonds is 7. The minimum Gasteiger partial charge on any atom is -0.493 e. The molecule has 0 radical (unpaired) electrons. The fourth-order valence-corrected chi connectivity index (χ4v) is 2.97. The molecule has 1 aromatic carbocycles. The highest BCUT2D eigenvalue weighted by atomic mass is 35.5. The van der Waals surface area contributed by atoms with Crippen molar-refractivity contribution in [1.82, 2.24) is 15.1 Å². The summed E-state index contributed by atoms with van der Waals surface area (Å²) in [6, 6.07) is 3.48. The van der Waals surface area contributed by atoms with E-state index in [1.54, 1.807) is 25.5 Å². The van der Waals surface area contributed by atoms with Gasteiger partial charge in [0.1, 0.15) is 6.26 Å². The van der Waals surface area contributed by atoms with Gasteiger partial charge in [-0.15, -0.1) is 0 Å². The number of methoxy groups -OCH3 is 1. The van der Waals surface area contributed by atoms with Crippen LogP contribution < -0.4 is 9.47 Å². The van der Waals surface area contributed by atoms with Crippen molar-refractivity contribution in [3.05, 3.63) is 29.3 Å². The lowest BCUT2D eigenvalue weighted by Crippen LogP contribution is -2.07. The Balaban J connectivity index is 1.60. The first kappa shape index (κ1) is 17.9. The average Bonchev–Trinajstić information content (AvgIpc) is 3.11. The van der Waals surface area contributed by atoms with Crippen molar-refractivity contribution in [2.75, 3.05) is 7.11 Å². The van der Waals surface area contributed by atoms with E-state index < -0.39 is 0 Å². The SMILES string of the molecule is COc1cc(-c2noc(-c3coc(CC4CC4)n3)n2)cc(Cl)c1OC(C)C. The molecule has 2 aromatic heterocycles. The molecule has 2 heterocycles. The largest absolute Gasteiger partial charge is 0.493 e. The van der Waals surface area contributed by atoms with Crippen molar-refractivity contribution < 1.29 is 18.4 Å². The van der Waals surface area contributed by atoms with Crippen LogP contribution in [0.5, 0.6) is 11.5 Å². The monoisotopic (exact) mass is 389 g/mol. The first-order valence-electron chi connectivity index (χ1n) is 8.86. The number of hydrogen-bond donors (Lipinski definition) is 0. The van der Waals surface area contributed by atoms with Crippen molar-refractivity contribution in [3.63, 3.8) is 0 Å². The molecule has 1 saturated carbocycles. The van der Waals surface area contributed by atoms with Crippen LogP contribution in [-0.2, 0) is 6.42 Å². The first-order chi connectivity index (χ1) is 13.0. The zero-order chi connectivity index (χ0) is 19.0. The van der Waals surface area contributed by atoms with Crippen LogP contribution in [0, 0.1) is 5.92 Å². The molecule has 0 bridgehead atoms. The highest BCUT2D eigenvalue weighted by molar-refractivity contribution is 6.32. The van der Waals surface area contributed by atoms with Crippen LogP contribution in [0.4, 0.5) is 0 Å². The first-order valence-corrected chi connectivity index (χ1v) is 9.24. The second kappa shape index (κ2) is 7.23. The lowest BCUT2D eigenvalue weighted by Gasteiger charge is -2.15. The Hall–Kier alpha value is -2.54. The molecule has 0 atom stereocenters. The van der Waals surface area contributed by atoms with E-state index in [4.69, 9.17) is 30.0 Å². The summed E-state index contributed by atoms with van der Waals surface area (Å²) in [5, 5.41) is 4.44. The summed E-state index contributed by atoms with van der Waals surface area (Å²) in [5.74, 6) is 3.07. The number of benzene rings is 1. The van der Waals surface area contributed by atoms with Gasteiger partial charge in [-0.2, -0.15) is 4.98 Å². The predicted octanol–water partition coefficient (Wildman–Crippen LogP) is 4.79. The van der Waals surface area contributed by atoms with Crippen molar-refractivity contribution in [2.24, 2.45) is 5.92 Å². The van der Waals surface area contributed by atoms with E-state index in [1.165, 1.54) is 12.8 Å². The summed E-state index contributed by atoms with van der Waals surface area (Å²) < 4.78 is 22.0. The van der Waals surface area contributed by atoms with Gasteiger partial charge in [-0.3, -0.25) is 0 Å². The molecule has 1 fully saturated rings. The molecule has 1 aliphatic carbocycles. The summed E-state index contributed by atoms with van der Waals surface area (Å²) in [6.45, 7) is 3.84. The summed E-state index contributed by atoms with van der Waals surface area (Å²) in [4.78, 5) is 8.84. The van der Waals surface area contributed by atoms with Crippen molar-refractivity contribution in [3.8, 4) is 34.5 Å². The fraction of sp³-hybridized carbons (Fsp3) is 0.421. The van der Waals surface area contributed by atoms with Crippen LogP contribution >= 0.6 is 11.6 Å². The zero-order valence-electron chi connectivity index (χ0n) is 15.4. The fourth-order valence-electron chi connectivity index (χ4n) is 2.72. The second-order valence-corrected chi connectivity index (χ2v) is 7.26. The number of aromatic nitrogens is 3. The number of oxazole rings is 1. The molecule has 142 valence electrons. The van der Waals surface area contributed by atoms with Crippen LogP contribution in [-0.4, -0.2) is 28.3 Å². The second-order valence-electron chi connectivity index (χ2n) is 6.85. The molecule has 3 aromatic rings. The van der Waals surface area contributed by atoms with Crippen molar-refractivity contribution in [1.29, 1.82) is 0 Å². The Labute approximate surface area is 161 Å². The van der Waals surface area contributed by atoms with Gasteiger partial charge < -0.3 is 18.4 Å². The van der Waals surface area contributed by atoms with Crippen LogP contribution in [0.15, 0.2) is 27.3 Å². The summed E-state index contributed by atoms with van der Waals surface area (Å²) in [7, 11) is 1.56. The highest BCUT2D eigenvalue weighted by Gasteiger charge is 2.25. The van der Waals surface area contributed by atoms with E-state index in [2.05, 4.69) is 15.1 Å². The Morgan fingerprint density at radius 1 is 1.26 bits per heavy atom. The minimum atomic E-state index is -0.0315. The van der Waals surface area contributed by atoms with Crippen molar-refractivity contribution >= 4 is 11.6 Å². The smallest absolute Gasteiger partial charge is 0.280 e. The van der Waals surface area contributed by atoms with Crippen LogP contribution in [0.25, 0.3) is 23.0 Å². The topological polar surface area (TPSA) is 83.4 Å². The molecule has 0 amide bonds. The van der Waals surface area contributed by atoms with E-state index in [1.807, 2.05) is 13.8 Å². The van der Waals surface area contributed by atoms with Gasteiger partial charge in [0.2, 0.25) is 5.82 Å². The summed E-state index contributed by atoms with van der Waals surface area (Å²) in [6.07, 6.45) is 4.84. The molecule has 4 rings (SSSR count). The molecule has 0 unspecified atom stereocenters. The van der Waals surface area contributed by atoms with Gasteiger partial charge in [0.15, 0.2) is 23.1 Å². The van der Waals surface area contributed by atoms with E-state index in [0.717, 1.165) is 6.42 Å². The third-order valence-electron chi connectivity index (χ3n) is 4.20. The number of halogens is 1. The molecule has 0 saturated heterocycles. The molecular formula is C19H20ClN3O4. The maximum absolute atomic E-state index is 6.37. The molecule has 0 aliphatic heterocycles. The Bertz CT molecular complexity index is 946. The maximum Gasteiger partial charge on any atom is 0.280 e. The number of ether oxygens (including phenoxy) is 2. The maximum atomic E-state index is 6.37. The Morgan fingerprint density at radius 3 is 2.78 bits per heavy atom. The summed E-state index contributed by atoms with van der Waals surface area (Å²) >= 11 is 6.37. The molecule has 8 heteroatoms. The lowest BCUT2D eigenvalue weighted by atomic mass is 10.2. The van der Waals surface area contributed by atoms with Crippen molar-refractivity contribution in [2.45, 2.75) is 39.2 Å². The van der Waals surface area contributed by atoms with Gasteiger partial charge in [0.05, 0.1) is 18.2 Å². The average molecular weight is 390 g/mol. The van der Waals surface area contributed by atoms with E-state index in [-0.39, 0.29) is 6.10 Å². The van der Waals surface area contributed by atoms with E-state index >= 15 is 0 Å². The third-order valence-corrected chi connectivity index (χ3v) is 4.48. The van der Waals surface area contributed by atoms with Gasteiger partial charge >= 0.3 is 0 Å². The standard InChI is InChI=1S/C19H20ClN3O4/c1-10(2)26-17-13(20)7-12(8-15(17)24-3)18-22-19(27-23-18)14-9-25-16(21-14)6-11-4-5-11/h7-11H,4-6H2,1-3H3. The Kier molecular flexibility index (Phi) is 4.78. The zero-order valence-corrected chi connectivity index (χ0v) is 16.1. The normalized spacial score (nSPS) is 14.0. The van der Waals surface area contributed by atoms with Crippen LogP contribution in [0.2, 0.25) is 5.02 Å². The predicted molar refractivity (Wildman–Crippen MR) is 99.0 cm³/mol.